The Morgan fingerprint density at radius 2 is 1.90 bits per heavy atom. The number of pyridine rings is 1. The van der Waals surface area contributed by atoms with Crippen molar-refractivity contribution in [1.29, 1.82) is 0 Å². The lowest BCUT2D eigenvalue weighted by Gasteiger charge is -2.15. The van der Waals surface area contributed by atoms with E-state index in [-0.39, 0.29) is 10.0 Å². The van der Waals surface area contributed by atoms with E-state index in [1.54, 1.807) is 31.2 Å². The van der Waals surface area contributed by atoms with Gasteiger partial charge in [0, 0.05) is 17.3 Å². The predicted octanol–water partition coefficient (Wildman–Crippen LogP) is 3.43. The van der Waals surface area contributed by atoms with Crippen molar-refractivity contribution in [1.82, 2.24) is 9.71 Å². The lowest BCUT2D eigenvalue weighted by Crippen LogP contribution is -2.27. The van der Waals surface area contributed by atoms with Crippen molar-refractivity contribution >= 4 is 33.2 Å². The third-order valence-corrected chi connectivity index (χ3v) is 4.80. The number of hydrogen-bond acceptors (Lipinski definition) is 3. The number of nitrogens with one attached hydrogen (secondary N) is 1. The fourth-order valence-corrected chi connectivity index (χ4v) is 3.52. The van der Waals surface area contributed by atoms with Crippen molar-refractivity contribution in [2.45, 2.75) is 17.9 Å². The van der Waals surface area contributed by atoms with Crippen molar-refractivity contribution < 1.29 is 8.42 Å². The van der Waals surface area contributed by atoms with Crippen molar-refractivity contribution in [2.75, 3.05) is 0 Å². The zero-order valence-electron chi connectivity index (χ0n) is 10.5. The molecule has 0 radical (unpaired) electrons. The lowest BCUT2D eigenvalue weighted by molar-refractivity contribution is 0.567. The second-order valence-corrected chi connectivity index (χ2v) is 6.69. The van der Waals surface area contributed by atoms with Crippen LogP contribution in [0.2, 0.25) is 10.2 Å². The molecule has 0 saturated heterocycles. The first-order chi connectivity index (χ1) is 9.40. The van der Waals surface area contributed by atoms with Crippen LogP contribution in [-0.2, 0) is 10.0 Å². The van der Waals surface area contributed by atoms with E-state index in [1.807, 2.05) is 0 Å². The lowest BCUT2D eigenvalue weighted by atomic mass is 10.1. The van der Waals surface area contributed by atoms with E-state index in [2.05, 4.69) is 9.71 Å². The number of nitrogens with zero attached hydrogens (tertiary/aromatic N) is 1. The summed E-state index contributed by atoms with van der Waals surface area (Å²) < 4.78 is 27.0. The van der Waals surface area contributed by atoms with Gasteiger partial charge in [-0.2, -0.15) is 0 Å². The summed E-state index contributed by atoms with van der Waals surface area (Å²) in [6, 6.07) is 9.29. The SMILES string of the molecule is CC(NS(=O)(=O)c1ccnc(Cl)c1)c1ccccc1Cl. The van der Waals surface area contributed by atoms with E-state index in [0.717, 1.165) is 0 Å². The number of rotatable bonds is 4. The summed E-state index contributed by atoms with van der Waals surface area (Å²) in [6.45, 7) is 1.72. The summed E-state index contributed by atoms with van der Waals surface area (Å²) in [5.41, 5.74) is 0.706. The van der Waals surface area contributed by atoms with Crippen LogP contribution in [0.5, 0.6) is 0 Å². The van der Waals surface area contributed by atoms with Gasteiger partial charge in [-0.3, -0.25) is 0 Å². The van der Waals surface area contributed by atoms with Gasteiger partial charge in [-0.25, -0.2) is 18.1 Å². The van der Waals surface area contributed by atoms with E-state index in [1.165, 1.54) is 18.3 Å². The Morgan fingerprint density at radius 3 is 2.55 bits per heavy atom. The van der Waals surface area contributed by atoms with Gasteiger partial charge in [0.05, 0.1) is 4.90 Å². The molecule has 1 heterocycles. The highest BCUT2D eigenvalue weighted by Gasteiger charge is 2.20. The van der Waals surface area contributed by atoms with E-state index < -0.39 is 16.1 Å². The number of hydrogen-bond donors (Lipinski definition) is 1. The zero-order chi connectivity index (χ0) is 14.8. The molecule has 0 saturated carbocycles. The predicted molar refractivity (Wildman–Crippen MR) is 79.4 cm³/mol. The Balaban J connectivity index is 2.27. The average Bonchev–Trinajstić information content (AvgIpc) is 2.38. The van der Waals surface area contributed by atoms with Crippen LogP contribution in [0.1, 0.15) is 18.5 Å². The Kier molecular flexibility index (Phi) is 4.65. The molecule has 0 aliphatic rings. The van der Waals surface area contributed by atoms with Crippen LogP contribution < -0.4 is 4.72 Å². The molecule has 7 heteroatoms. The third-order valence-electron chi connectivity index (χ3n) is 2.71. The Morgan fingerprint density at radius 1 is 1.20 bits per heavy atom. The highest BCUT2D eigenvalue weighted by Crippen LogP contribution is 2.24. The molecule has 0 aliphatic carbocycles. The molecule has 1 N–H and O–H groups in total. The topological polar surface area (TPSA) is 59.1 Å². The minimum Gasteiger partial charge on any atom is -0.244 e. The summed E-state index contributed by atoms with van der Waals surface area (Å²) >= 11 is 11.8. The summed E-state index contributed by atoms with van der Waals surface area (Å²) in [5, 5.41) is 0.633. The molecule has 106 valence electrons. The van der Waals surface area contributed by atoms with Gasteiger partial charge in [0.25, 0.3) is 0 Å². The maximum absolute atomic E-state index is 12.2. The maximum Gasteiger partial charge on any atom is 0.241 e. The van der Waals surface area contributed by atoms with Gasteiger partial charge in [-0.15, -0.1) is 0 Å². The van der Waals surface area contributed by atoms with Gasteiger partial charge in [0.15, 0.2) is 0 Å². The molecule has 0 bridgehead atoms. The molecule has 2 aromatic rings. The van der Waals surface area contributed by atoms with Crippen LogP contribution in [0.3, 0.4) is 0 Å². The monoisotopic (exact) mass is 330 g/mol. The normalized spacial score (nSPS) is 13.2. The number of aromatic nitrogens is 1. The van der Waals surface area contributed by atoms with E-state index in [4.69, 9.17) is 23.2 Å². The summed E-state index contributed by atoms with van der Waals surface area (Å²) in [7, 11) is -3.68. The van der Waals surface area contributed by atoms with Gasteiger partial charge < -0.3 is 0 Å². The molecular weight excluding hydrogens is 319 g/mol. The quantitative estimate of drug-likeness (QED) is 0.873. The molecule has 1 unspecified atom stereocenters. The van der Waals surface area contributed by atoms with Crippen molar-refractivity contribution in [3.8, 4) is 0 Å². The summed E-state index contributed by atoms with van der Waals surface area (Å²) in [5.74, 6) is 0. The molecule has 0 fully saturated rings. The van der Waals surface area contributed by atoms with Crippen LogP contribution >= 0.6 is 23.2 Å². The van der Waals surface area contributed by atoms with Crippen molar-refractivity contribution in [3.63, 3.8) is 0 Å². The number of sulfonamides is 1. The molecule has 0 amide bonds. The fraction of sp³-hybridized carbons (Fsp3) is 0.154. The van der Waals surface area contributed by atoms with Crippen LogP contribution in [0.25, 0.3) is 0 Å². The minimum atomic E-state index is -3.68. The Bertz CT molecular complexity index is 720. The molecule has 4 nitrogen and oxygen atoms in total. The van der Waals surface area contributed by atoms with Gasteiger partial charge in [-0.05, 0) is 30.7 Å². The first kappa shape index (κ1) is 15.3. The van der Waals surface area contributed by atoms with E-state index >= 15 is 0 Å². The molecule has 0 aliphatic heterocycles. The molecule has 20 heavy (non-hydrogen) atoms. The van der Waals surface area contributed by atoms with Crippen LogP contribution in [0.4, 0.5) is 0 Å². The molecule has 1 atom stereocenters. The van der Waals surface area contributed by atoms with Crippen LogP contribution in [0.15, 0.2) is 47.5 Å². The first-order valence-corrected chi connectivity index (χ1v) is 8.02. The third kappa shape index (κ3) is 3.49. The molecule has 2 rings (SSSR count). The molecule has 1 aromatic carbocycles. The Labute approximate surface area is 127 Å². The second-order valence-electron chi connectivity index (χ2n) is 4.18. The van der Waals surface area contributed by atoms with Crippen LogP contribution in [0, 0.1) is 0 Å². The summed E-state index contributed by atoms with van der Waals surface area (Å²) in [6.07, 6.45) is 1.34. The van der Waals surface area contributed by atoms with Crippen molar-refractivity contribution in [3.05, 3.63) is 58.3 Å². The van der Waals surface area contributed by atoms with Gasteiger partial charge >= 0.3 is 0 Å². The van der Waals surface area contributed by atoms with Crippen LogP contribution in [-0.4, -0.2) is 13.4 Å². The highest BCUT2D eigenvalue weighted by molar-refractivity contribution is 7.89. The van der Waals surface area contributed by atoms with E-state index in [9.17, 15) is 8.42 Å². The molecule has 1 aromatic heterocycles. The molecule has 0 spiro atoms. The molecular formula is C13H12Cl2N2O2S. The van der Waals surface area contributed by atoms with Crippen molar-refractivity contribution in [2.24, 2.45) is 0 Å². The second kappa shape index (κ2) is 6.10. The smallest absolute Gasteiger partial charge is 0.241 e. The first-order valence-electron chi connectivity index (χ1n) is 5.78. The number of benzene rings is 1. The average molecular weight is 331 g/mol. The van der Waals surface area contributed by atoms with Gasteiger partial charge in [0.1, 0.15) is 5.15 Å². The minimum absolute atomic E-state index is 0.0661. The highest BCUT2D eigenvalue weighted by atomic mass is 35.5. The van der Waals surface area contributed by atoms with Gasteiger partial charge in [0.2, 0.25) is 10.0 Å². The largest absolute Gasteiger partial charge is 0.244 e. The maximum atomic E-state index is 12.2. The zero-order valence-corrected chi connectivity index (χ0v) is 12.9. The van der Waals surface area contributed by atoms with E-state index in [0.29, 0.717) is 10.6 Å². The summed E-state index contributed by atoms with van der Waals surface area (Å²) in [4.78, 5) is 3.82. The fourth-order valence-electron chi connectivity index (χ4n) is 1.74. The standard InChI is InChI=1S/C13H12Cl2N2O2S/c1-9(11-4-2-3-5-12(11)14)17-20(18,19)10-6-7-16-13(15)8-10/h2-9,17H,1H3. The van der Waals surface area contributed by atoms with Gasteiger partial charge in [-0.1, -0.05) is 41.4 Å². The Hall–Kier alpha value is -1.14. The number of halogens is 2.